The van der Waals surface area contributed by atoms with Crippen LogP contribution in [0.15, 0.2) is 34.6 Å². The van der Waals surface area contributed by atoms with E-state index in [1.54, 1.807) is 23.7 Å². The number of thiophene rings is 1. The van der Waals surface area contributed by atoms with Crippen molar-refractivity contribution < 1.29 is 4.92 Å². The molecule has 0 N–H and O–H groups in total. The first-order valence-corrected chi connectivity index (χ1v) is 7.68. The Bertz CT molecular complexity index is 830. The minimum Gasteiger partial charge on any atom is -0.358 e. The van der Waals surface area contributed by atoms with E-state index in [1.807, 2.05) is 0 Å². The minimum absolute atomic E-state index is 0.158. The van der Waals surface area contributed by atoms with E-state index in [2.05, 4.69) is 28.8 Å². The SMILES string of the molecule is Cc1sc2ncnc(Sc3ccc([N+](=O)[O-])nc3)c2c1C. The average Bonchev–Trinajstić information content (AvgIpc) is 2.76. The molecule has 0 radical (unpaired) electrons. The molecule has 0 aliphatic carbocycles. The standard InChI is InChI=1S/C13H10N4O2S2/c1-7-8(2)20-12-11(7)13(16-6-15-12)21-9-3-4-10(14-5-9)17(18)19/h3-6H,1-2H3. The highest BCUT2D eigenvalue weighted by Gasteiger charge is 2.14. The Morgan fingerprint density at radius 2 is 2.05 bits per heavy atom. The quantitative estimate of drug-likeness (QED) is 0.415. The summed E-state index contributed by atoms with van der Waals surface area (Å²) in [6.07, 6.45) is 3.03. The normalized spacial score (nSPS) is 11.0. The Morgan fingerprint density at radius 1 is 1.24 bits per heavy atom. The van der Waals surface area contributed by atoms with Gasteiger partial charge in [0.05, 0.1) is 4.90 Å². The van der Waals surface area contributed by atoms with Gasteiger partial charge < -0.3 is 10.1 Å². The van der Waals surface area contributed by atoms with E-state index >= 15 is 0 Å². The van der Waals surface area contributed by atoms with Crippen molar-refractivity contribution >= 4 is 39.1 Å². The van der Waals surface area contributed by atoms with Crippen molar-refractivity contribution in [2.75, 3.05) is 0 Å². The molecule has 0 aromatic carbocycles. The first kappa shape index (κ1) is 13.9. The third-order valence-electron chi connectivity index (χ3n) is 3.05. The fourth-order valence-electron chi connectivity index (χ4n) is 1.88. The van der Waals surface area contributed by atoms with Gasteiger partial charge in [0.15, 0.2) is 6.20 Å². The van der Waals surface area contributed by atoms with Crippen molar-refractivity contribution in [1.29, 1.82) is 0 Å². The van der Waals surface area contributed by atoms with Gasteiger partial charge in [0, 0.05) is 16.3 Å². The van der Waals surface area contributed by atoms with Gasteiger partial charge in [-0.15, -0.1) is 11.3 Å². The molecule has 0 spiro atoms. The molecular formula is C13H10N4O2S2. The molecule has 0 unspecified atom stereocenters. The van der Waals surface area contributed by atoms with Gasteiger partial charge in [0.2, 0.25) is 0 Å². The highest BCUT2D eigenvalue weighted by Crippen LogP contribution is 2.37. The van der Waals surface area contributed by atoms with E-state index in [9.17, 15) is 10.1 Å². The summed E-state index contributed by atoms with van der Waals surface area (Å²) in [4.78, 5) is 25.5. The molecule has 8 heteroatoms. The van der Waals surface area contributed by atoms with Gasteiger partial charge in [0.25, 0.3) is 0 Å². The Morgan fingerprint density at radius 3 is 2.71 bits per heavy atom. The summed E-state index contributed by atoms with van der Waals surface area (Å²) < 4.78 is 0. The van der Waals surface area contributed by atoms with Crippen LogP contribution in [0.5, 0.6) is 0 Å². The second-order valence-electron chi connectivity index (χ2n) is 4.35. The molecule has 0 fully saturated rings. The number of pyridine rings is 1. The maximum absolute atomic E-state index is 10.6. The van der Waals surface area contributed by atoms with Crippen LogP contribution in [0, 0.1) is 24.0 Å². The van der Waals surface area contributed by atoms with Gasteiger partial charge in [-0.3, -0.25) is 0 Å². The van der Waals surface area contributed by atoms with E-state index in [4.69, 9.17) is 0 Å². The maximum Gasteiger partial charge on any atom is 0.363 e. The summed E-state index contributed by atoms with van der Waals surface area (Å²) in [5, 5.41) is 12.5. The summed E-state index contributed by atoms with van der Waals surface area (Å²) in [5.41, 5.74) is 1.17. The predicted molar refractivity (Wildman–Crippen MR) is 81.9 cm³/mol. The van der Waals surface area contributed by atoms with Crippen LogP contribution in [0.2, 0.25) is 0 Å². The lowest BCUT2D eigenvalue weighted by atomic mass is 10.2. The predicted octanol–water partition coefficient (Wildman–Crippen LogP) is 3.76. The number of hydrogen-bond acceptors (Lipinski definition) is 7. The van der Waals surface area contributed by atoms with E-state index < -0.39 is 4.92 Å². The summed E-state index contributed by atoms with van der Waals surface area (Å²) in [6.45, 7) is 4.11. The number of nitrogens with zero attached hydrogens (tertiary/aromatic N) is 4. The Balaban J connectivity index is 2.00. The topological polar surface area (TPSA) is 81.8 Å². The van der Waals surface area contributed by atoms with Crippen LogP contribution in [-0.2, 0) is 0 Å². The molecule has 0 saturated carbocycles. The summed E-state index contributed by atoms with van der Waals surface area (Å²) in [5.74, 6) is -0.158. The maximum atomic E-state index is 10.6. The van der Waals surface area contributed by atoms with Gasteiger partial charge >= 0.3 is 5.82 Å². The highest BCUT2D eigenvalue weighted by atomic mass is 32.2. The van der Waals surface area contributed by atoms with Crippen LogP contribution in [-0.4, -0.2) is 19.9 Å². The summed E-state index contributed by atoms with van der Waals surface area (Å²) >= 11 is 3.08. The zero-order chi connectivity index (χ0) is 15.0. The van der Waals surface area contributed by atoms with Gasteiger partial charge in [-0.25, -0.2) is 9.97 Å². The largest absolute Gasteiger partial charge is 0.363 e. The molecule has 3 aromatic rings. The molecule has 0 aliphatic heterocycles. The molecule has 0 bridgehead atoms. The lowest BCUT2D eigenvalue weighted by Gasteiger charge is -2.02. The average molecular weight is 318 g/mol. The fourth-order valence-corrected chi connectivity index (χ4v) is 3.86. The Kier molecular flexibility index (Phi) is 3.56. The second-order valence-corrected chi connectivity index (χ2v) is 6.62. The molecular weight excluding hydrogens is 308 g/mol. The molecule has 0 atom stereocenters. The van der Waals surface area contributed by atoms with Crippen LogP contribution in [0.1, 0.15) is 10.4 Å². The lowest BCUT2D eigenvalue weighted by Crippen LogP contribution is -1.91. The van der Waals surface area contributed by atoms with Crippen LogP contribution < -0.4 is 0 Å². The van der Waals surface area contributed by atoms with Crippen molar-refractivity contribution in [2.45, 2.75) is 23.8 Å². The van der Waals surface area contributed by atoms with Crippen molar-refractivity contribution in [1.82, 2.24) is 15.0 Å². The summed E-state index contributed by atoms with van der Waals surface area (Å²) in [6, 6.07) is 3.07. The zero-order valence-corrected chi connectivity index (χ0v) is 12.9. The molecule has 21 heavy (non-hydrogen) atoms. The summed E-state index contributed by atoms with van der Waals surface area (Å²) in [7, 11) is 0. The molecule has 0 saturated heterocycles. The number of aryl methyl sites for hydroxylation is 2. The molecule has 0 amide bonds. The third-order valence-corrected chi connectivity index (χ3v) is 5.15. The number of aromatic nitrogens is 3. The van der Waals surface area contributed by atoms with Crippen molar-refractivity contribution in [2.24, 2.45) is 0 Å². The number of nitro groups is 1. The molecule has 3 heterocycles. The van der Waals surface area contributed by atoms with Crippen LogP contribution >= 0.6 is 23.1 Å². The molecule has 106 valence electrons. The van der Waals surface area contributed by atoms with E-state index in [0.29, 0.717) is 0 Å². The van der Waals surface area contributed by atoms with E-state index in [0.717, 1.165) is 20.1 Å². The molecule has 3 rings (SSSR count). The smallest absolute Gasteiger partial charge is 0.358 e. The van der Waals surface area contributed by atoms with Crippen molar-refractivity contribution in [3.05, 3.63) is 45.2 Å². The van der Waals surface area contributed by atoms with E-state index in [-0.39, 0.29) is 5.82 Å². The van der Waals surface area contributed by atoms with Crippen molar-refractivity contribution in [3.63, 3.8) is 0 Å². The molecule has 6 nitrogen and oxygen atoms in total. The lowest BCUT2D eigenvalue weighted by molar-refractivity contribution is -0.389. The number of rotatable bonds is 3. The Hall–Kier alpha value is -2.06. The van der Waals surface area contributed by atoms with Crippen LogP contribution in [0.4, 0.5) is 5.82 Å². The first-order valence-electron chi connectivity index (χ1n) is 6.05. The van der Waals surface area contributed by atoms with Crippen LogP contribution in [0.25, 0.3) is 10.2 Å². The zero-order valence-electron chi connectivity index (χ0n) is 11.2. The first-order chi connectivity index (χ1) is 10.1. The molecule has 0 aliphatic rings. The second kappa shape index (κ2) is 5.38. The third kappa shape index (κ3) is 2.59. The highest BCUT2D eigenvalue weighted by molar-refractivity contribution is 7.99. The van der Waals surface area contributed by atoms with Gasteiger partial charge in [-0.05, 0) is 35.4 Å². The van der Waals surface area contributed by atoms with Crippen LogP contribution in [0.3, 0.4) is 0 Å². The molecule has 3 aromatic heterocycles. The fraction of sp³-hybridized carbons (Fsp3) is 0.154. The van der Waals surface area contributed by atoms with Crippen molar-refractivity contribution in [3.8, 4) is 0 Å². The van der Waals surface area contributed by atoms with Gasteiger partial charge in [-0.2, -0.15) is 0 Å². The van der Waals surface area contributed by atoms with Gasteiger partial charge in [0.1, 0.15) is 16.2 Å². The van der Waals surface area contributed by atoms with E-state index in [1.165, 1.54) is 34.5 Å². The van der Waals surface area contributed by atoms with Gasteiger partial charge in [-0.1, -0.05) is 11.8 Å². The monoisotopic (exact) mass is 318 g/mol. The number of hydrogen-bond donors (Lipinski definition) is 0. The minimum atomic E-state index is -0.510. The number of fused-ring (bicyclic) bond motifs is 1. The Labute approximate surface area is 128 Å².